The number of nitrogens with zero attached hydrogens (tertiary/aromatic N) is 10. The summed E-state index contributed by atoms with van der Waals surface area (Å²) >= 11 is 0. The van der Waals surface area contributed by atoms with Crippen LogP contribution in [0.3, 0.4) is 0 Å². The van der Waals surface area contributed by atoms with E-state index in [0.717, 1.165) is 203 Å². The third-order valence-electron chi connectivity index (χ3n) is 26.6. The van der Waals surface area contributed by atoms with Gasteiger partial charge in [0.15, 0.2) is 23.3 Å². The summed E-state index contributed by atoms with van der Waals surface area (Å²) in [4.78, 5) is 33.5. The number of para-hydroxylation sites is 6. The van der Waals surface area contributed by atoms with Gasteiger partial charge in [-0.05, 0) is 185 Å². The lowest BCUT2D eigenvalue weighted by Crippen LogP contribution is -2.07. The Kier molecular flexibility index (Phi) is 14.8. The number of fused-ring (bicyclic) bond motifs is 24. The quantitative estimate of drug-likeness (QED) is 0.133. The van der Waals surface area contributed by atoms with E-state index < -0.39 is 0 Å². The van der Waals surface area contributed by atoms with E-state index in [0.29, 0.717) is 46.4 Å². The van der Waals surface area contributed by atoms with Crippen molar-refractivity contribution in [3.8, 4) is 91.1 Å². The van der Waals surface area contributed by atoms with E-state index in [2.05, 4.69) is 394 Å². The van der Waals surface area contributed by atoms with Crippen LogP contribution >= 0.6 is 0 Å². The molecule has 0 aliphatic carbocycles. The molecule has 0 N–H and O–H groups in total. The minimum atomic E-state index is 0.476. The van der Waals surface area contributed by atoms with Crippen molar-refractivity contribution in [2.45, 2.75) is 0 Å². The topological polar surface area (TPSA) is 123 Å². The summed E-state index contributed by atoms with van der Waals surface area (Å²) in [6.07, 6.45) is 0. The molecule has 0 spiro atoms. The summed E-state index contributed by atoms with van der Waals surface area (Å²) in [6, 6.07) is 144. The second-order valence-corrected chi connectivity index (χ2v) is 33.6. The van der Waals surface area contributed by atoms with Crippen LogP contribution < -0.4 is 0 Å². The van der Waals surface area contributed by atoms with E-state index in [1.54, 1.807) is 0 Å². The van der Waals surface area contributed by atoms with E-state index in [4.69, 9.17) is 38.7 Å². The van der Waals surface area contributed by atoms with Crippen LogP contribution in [-0.4, -0.2) is 48.2 Å². The first-order valence-electron chi connectivity index (χ1n) is 43.3. The van der Waals surface area contributed by atoms with Crippen molar-refractivity contribution in [1.29, 1.82) is 0 Å². The molecule has 0 radical (unpaired) electrons. The Balaban J connectivity index is 0.600. The van der Waals surface area contributed by atoms with Crippen LogP contribution in [0.25, 0.3) is 276 Å². The number of furan rings is 2. The Morgan fingerprint density at radius 2 is 0.562 bits per heavy atom. The summed E-state index contributed by atoms with van der Waals surface area (Å²) in [7, 11) is 0. The molecule has 128 heavy (non-hydrogen) atoms. The van der Waals surface area contributed by atoms with E-state index in [9.17, 15) is 0 Å². The number of rotatable bonds is 10. The molecule has 0 bridgehead atoms. The molecule has 0 amide bonds. The molecular formula is C116H66N10O2. The fourth-order valence-corrected chi connectivity index (χ4v) is 20.8. The standard InChI is InChI=1S/C116H66N10O2/c1-3-28-74-59-103-91(57-72(74)26-1)92-66-90-77(61-104(92)124(103)79-63-94-88-41-14-20-49-107(88)128-110(94)97(65-79)114-118-112(89-43-22-30-68-24-5-7-34-80(68)89)120-116(122-114)126-100-46-17-11-38-85(100)86-39-12-18-47-101(86)126)33-23-42-81(90)76-32-21-31-71(56-76)67-50-52-70(53-51-67)111-117-113(121-115(119-111)125-98-44-15-9-36-83(98)84-37-10-16-45-99(84)125)96-64-78(62-93-87-40-13-19-48-106(87)127-109(93)96)123-102-55-54-69-25-6-8-35-82(69)108(102)95-58-73-27-2-4-29-75(73)60-105(95)123/h1-66H. The van der Waals surface area contributed by atoms with Crippen molar-refractivity contribution >= 4 is 185 Å². The lowest BCUT2D eigenvalue weighted by atomic mass is 9.94. The molecule has 12 nitrogen and oxygen atoms in total. The molecule has 0 fully saturated rings. The molecular weight excluding hydrogens is 1570 g/mol. The molecule has 0 saturated heterocycles. The zero-order chi connectivity index (χ0) is 83.5. The number of benzene rings is 20. The van der Waals surface area contributed by atoms with Crippen LogP contribution in [-0.2, 0) is 0 Å². The van der Waals surface area contributed by atoms with Crippen LogP contribution in [0, 0.1) is 0 Å². The van der Waals surface area contributed by atoms with Crippen molar-refractivity contribution in [3.05, 3.63) is 400 Å². The van der Waals surface area contributed by atoms with Gasteiger partial charge in [0.2, 0.25) is 11.9 Å². The van der Waals surface area contributed by atoms with Gasteiger partial charge in [0.25, 0.3) is 0 Å². The lowest BCUT2D eigenvalue weighted by molar-refractivity contribution is 0.669. The highest BCUT2D eigenvalue weighted by Crippen LogP contribution is 2.48. The maximum atomic E-state index is 7.09. The van der Waals surface area contributed by atoms with Crippen LogP contribution in [0.15, 0.2) is 409 Å². The average molecular weight is 1630 g/mol. The summed E-state index contributed by atoms with van der Waals surface area (Å²) in [5, 5.41) is 24.3. The molecule has 20 aromatic carbocycles. The van der Waals surface area contributed by atoms with Gasteiger partial charge in [-0.3, -0.25) is 9.13 Å². The molecule has 0 aliphatic rings. The van der Waals surface area contributed by atoms with Crippen molar-refractivity contribution in [2.24, 2.45) is 0 Å². The van der Waals surface area contributed by atoms with E-state index >= 15 is 0 Å². The van der Waals surface area contributed by atoms with E-state index in [1.165, 1.54) is 26.9 Å². The largest absolute Gasteiger partial charge is 0.455 e. The van der Waals surface area contributed by atoms with Gasteiger partial charge in [-0.2, -0.15) is 19.9 Å². The minimum absolute atomic E-state index is 0.476. The third-order valence-corrected chi connectivity index (χ3v) is 26.6. The van der Waals surface area contributed by atoms with Gasteiger partial charge in [0.05, 0.1) is 55.3 Å². The second kappa shape index (κ2) is 27.0. The highest BCUT2D eigenvalue weighted by molar-refractivity contribution is 6.25. The first kappa shape index (κ1) is 70.1. The SMILES string of the molecule is c1cc(-c2ccc(-c3nc(-c4cc(-n5c6cc7ccccc7cc6c6c7ccccc7ccc65)cc5c4oc4ccccc45)nc(-n4c5ccccc5c5ccccc54)n3)cc2)cc(-c2cccc3cc4c(cc23)c2cc3ccccc3cc2n4-c2cc(-c3nc(-c4cccc5ccccc45)nc(-n4c5ccccc5c5ccccc54)n3)c3oc4ccccc4c3c2)c1. The number of hydrogen-bond donors (Lipinski definition) is 0. The third kappa shape index (κ3) is 10.5. The minimum Gasteiger partial charge on any atom is -0.455 e. The van der Waals surface area contributed by atoms with Crippen molar-refractivity contribution in [1.82, 2.24) is 48.2 Å². The van der Waals surface area contributed by atoms with E-state index in [-0.39, 0.29) is 0 Å². The van der Waals surface area contributed by atoms with Gasteiger partial charge in [0.1, 0.15) is 22.3 Å². The Morgan fingerprint density at radius 3 is 1.13 bits per heavy atom. The normalized spacial score (nSPS) is 12.2. The van der Waals surface area contributed by atoms with Crippen LogP contribution in [0.4, 0.5) is 0 Å². The van der Waals surface area contributed by atoms with Crippen LogP contribution in [0.2, 0.25) is 0 Å². The first-order valence-corrected chi connectivity index (χ1v) is 43.3. The van der Waals surface area contributed by atoms with Crippen LogP contribution in [0.1, 0.15) is 0 Å². The predicted octanol–water partition coefficient (Wildman–Crippen LogP) is 30.0. The molecule has 12 heteroatoms. The number of hydrogen-bond acceptors (Lipinski definition) is 8. The molecule has 8 heterocycles. The predicted molar refractivity (Wildman–Crippen MR) is 525 cm³/mol. The fraction of sp³-hybridized carbons (Fsp3) is 0. The van der Waals surface area contributed by atoms with Gasteiger partial charge >= 0.3 is 0 Å². The zero-order valence-electron chi connectivity index (χ0n) is 68.4. The van der Waals surface area contributed by atoms with E-state index in [1.807, 2.05) is 24.3 Å². The summed E-state index contributed by atoms with van der Waals surface area (Å²) in [5.74, 6) is 3.01. The molecule has 0 unspecified atom stereocenters. The summed E-state index contributed by atoms with van der Waals surface area (Å²) in [6.45, 7) is 0. The smallest absolute Gasteiger partial charge is 0.238 e. The maximum Gasteiger partial charge on any atom is 0.238 e. The Bertz CT molecular complexity index is 9590. The van der Waals surface area contributed by atoms with Crippen LogP contribution in [0.5, 0.6) is 0 Å². The highest BCUT2D eigenvalue weighted by atomic mass is 16.3. The Hall–Kier alpha value is -17.5. The molecule has 592 valence electrons. The van der Waals surface area contributed by atoms with Gasteiger partial charge in [-0.15, -0.1) is 0 Å². The average Bonchev–Trinajstić information content (AvgIpc) is 1.56. The van der Waals surface area contributed by atoms with Crippen molar-refractivity contribution in [3.63, 3.8) is 0 Å². The van der Waals surface area contributed by atoms with Gasteiger partial charge in [0, 0.05) is 87.1 Å². The van der Waals surface area contributed by atoms with Gasteiger partial charge in [-0.1, -0.05) is 291 Å². The monoisotopic (exact) mass is 1630 g/mol. The molecule has 28 rings (SSSR count). The molecule has 0 aliphatic heterocycles. The Morgan fingerprint density at radius 1 is 0.172 bits per heavy atom. The summed E-state index contributed by atoms with van der Waals surface area (Å²) < 4.78 is 23.4. The van der Waals surface area contributed by atoms with Crippen molar-refractivity contribution < 1.29 is 8.83 Å². The first-order chi connectivity index (χ1) is 63.4. The fourth-order valence-electron chi connectivity index (χ4n) is 20.8. The molecule has 8 aromatic heterocycles. The zero-order valence-corrected chi connectivity index (χ0v) is 68.4. The lowest BCUT2D eigenvalue weighted by Gasteiger charge is -2.14. The number of aromatic nitrogens is 10. The Labute approximate surface area is 728 Å². The maximum absolute atomic E-state index is 7.09. The highest BCUT2D eigenvalue weighted by Gasteiger charge is 2.29. The van der Waals surface area contributed by atoms with Gasteiger partial charge in [-0.25, -0.2) is 9.97 Å². The molecule has 0 atom stereocenters. The molecule has 0 saturated carbocycles. The van der Waals surface area contributed by atoms with Crippen molar-refractivity contribution in [2.75, 3.05) is 0 Å². The molecule has 28 aromatic rings. The summed E-state index contributed by atoms with van der Waals surface area (Å²) in [5.41, 5.74) is 20.6. The second-order valence-electron chi connectivity index (χ2n) is 33.6. The van der Waals surface area contributed by atoms with Gasteiger partial charge < -0.3 is 18.0 Å².